The Hall–Kier alpha value is -2.11. The molecule has 1 aliphatic rings. The quantitative estimate of drug-likeness (QED) is 0.657. The molecule has 2 unspecified atom stereocenters. The van der Waals surface area contributed by atoms with Gasteiger partial charge in [-0.2, -0.15) is 0 Å². The zero-order chi connectivity index (χ0) is 13.1. The van der Waals surface area contributed by atoms with E-state index in [1.807, 2.05) is 0 Å². The highest BCUT2D eigenvalue weighted by molar-refractivity contribution is 5.75. The van der Waals surface area contributed by atoms with Crippen LogP contribution in [0.15, 0.2) is 18.7 Å². The van der Waals surface area contributed by atoms with Crippen molar-refractivity contribution in [3.8, 4) is 0 Å². The number of nitrogens with zero attached hydrogens (tertiary/aromatic N) is 2. The maximum Gasteiger partial charge on any atom is 0.308 e. The smallest absolute Gasteiger partial charge is 0.308 e. The second-order valence-electron chi connectivity index (χ2n) is 4.29. The molecule has 0 spiro atoms. The summed E-state index contributed by atoms with van der Waals surface area (Å²) in [7, 11) is 0. The monoisotopic (exact) mass is 248 g/mol. The molecule has 0 aromatic carbocycles. The van der Waals surface area contributed by atoms with Crippen LogP contribution < -0.4 is 10.6 Å². The summed E-state index contributed by atoms with van der Waals surface area (Å²) in [6.45, 7) is 6.04. The maximum atomic E-state index is 10.7. The molecule has 1 heterocycles. The first-order chi connectivity index (χ1) is 8.60. The molecule has 2 atom stereocenters. The number of hydrogen-bond acceptors (Lipinski definition) is 5. The van der Waals surface area contributed by atoms with Crippen LogP contribution in [0.3, 0.4) is 0 Å². The minimum absolute atomic E-state index is 0.0240. The Bertz CT molecular complexity index is 475. The minimum Gasteiger partial charge on any atom is -0.481 e. The predicted molar refractivity (Wildman–Crippen MR) is 68.6 cm³/mol. The Balaban J connectivity index is 2.02. The molecule has 96 valence electrons. The van der Waals surface area contributed by atoms with Gasteiger partial charge in [-0.3, -0.25) is 4.79 Å². The van der Waals surface area contributed by atoms with E-state index in [1.54, 1.807) is 19.1 Å². The largest absolute Gasteiger partial charge is 0.481 e. The second kappa shape index (κ2) is 5.03. The molecule has 0 amide bonds. The third-order valence-corrected chi connectivity index (χ3v) is 2.71. The van der Waals surface area contributed by atoms with E-state index >= 15 is 0 Å². The lowest BCUT2D eigenvalue weighted by Crippen LogP contribution is -2.12. The molecule has 1 fully saturated rings. The number of anilines is 2. The Kier molecular flexibility index (Phi) is 3.45. The van der Waals surface area contributed by atoms with E-state index in [0.29, 0.717) is 30.4 Å². The first-order valence-corrected chi connectivity index (χ1v) is 5.80. The molecule has 6 heteroatoms. The van der Waals surface area contributed by atoms with E-state index in [9.17, 15) is 4.79 Å². The highest BCUT2D eigenvalue weighted by Crippen LogP contribution is 2.33. The van der Waals surface area contributed by atoms with Gasteiger partial charge in [-0.15, -0.1) is 6.58 Å². The molecule has 1 saturated carbocycles. The zero-order valence-corrected chi connectivity index (χ0v) is 10.2. The van der Waals surface area contributed by atoms with Crippen LogP contribution in [-0.2, 0) is 4.79 Å². The van der Waals surface area contributed by atoms with Crippen LogP contribution in [0.1, 0.15) is 12.2 Å². The summed E-state index contributed by atoms with van der Waals surface area (Å²) in [6, 6.07) is 1.75. The van der Waals surface area contributed by atoms with E-state index < -0.39 is 5.97 Å². The first kappa shape index (κ1) is 12.3. The van der Waals surface area contributed by atoms with E-state index in [-0.39, 0.29) is 12.0 Å². The van der Waals surface area contributed by atoms with E-state index in [2.05, 4.69) is 27.2 Å². The fourth-order valence-electron chi connectivity index (χ4n) is 1.73. The van der Waals surface area contributed by atoms with E-state index in [0.717, 1.165) is 0 Å². The molecule has 0 aliphatic heterocycles. The van der Waals surface area contributed by atoms with Crippen LogP contribution in [0, 0.1) is 12.8 Å². The average Bonchev–Trinajstić information content (AvgIpc) is 3.05. The molecular formula is C12H16N4O2. The Morgan fingerprint density at radius 2 is 2.33 bits per heavy atom. The molecule has 1 aromatic rings. The van der Waals surface area contributed by atoms with Gasteiger partial charge in [0.2, 0.25) is 0 Å². The maximum absolute atomic E-state index is 10.7. The zero-order valence-electron chi connectivity index (χ0n) is 10.2. The first-order valence-electron chi connectivity index (χ1n) is 5.80. The number of carboxylic acid groups (broad SMARTS) is 1. The highest BCUT2D eigenvalue weighted by atomic mass is 16.4. The van der Waals surface area contributed by atoms with Gasteiger partial charge in [-0.1, -0.05) is 6.08 Å². The topological polar surface area (TPSA) is 87.1 Å². The summed E-state index contributed by atoms with van der Waals surface area (Å²) in [4.78, 5) is 19.2. The van der Waals surface area contributed by atoms with Gasteiger partial charge >= 0.3 is 5.97 Å². The SMILES string of the molecule is C=CCNc1cc(NC2CC2C(=O)O)nc(C)n1. The van der Waals surface area contributed by atoms with Gasteiger partial charge in [0, 0.05) is 18.7 Å². The molecular weight excluding hydrogens is 232 g/mol. The molecule has 3 N–H and O–H groups in total. The summed E-state index contributed by atoms with van der Waals surface area (Å²) in [5, 5.41) is 15.0. The van der Waals surface area contributed by atoms with Gasteiger partial charge in [0.1, 0.15) is 17.5 Å². The Morgan fingerprint density at radius 3 is 2.94 bits per heavy atom. The van der Waals surface area contributed by atoms with Crippen molar-refractivity contribution < 1.29 is 9.90 Å². The molecule has 1 aromatic heterocycles. The molecule has 0 radical (unpaired) electrons. The molecule has 1 aliphatic carbocycles. The van der Waals surface area contributed by atoms with Crippen molar-refractivity contribution in [2.24, 2.45) is 5.92 Å². The Morgan fingerprint density at radius 1 is 1.61 bits per heavy atom. The van der Waals surface area contributed by atoms with Gasteiger partial charge in [0.15, 0.2) is 0 Å². The fraction of sp³-hybridized carbons (Fsp3) is 0.417. The number of rotatable bonds is 6. The second-order valence-corrected chi connectivity index (χ2v) is 4.29. The number of aliphatic carboxylic acids is 1. The van der Waals surface area contributed by atoms with Crippen LogP contribution >= 0.6 is 0 Å². The van der Waals surface area contributed by atoms with Gasteiger partial charge < -0.3 is 15.7 Å². The average molecular weight is 248 g/mol. The van der Waals surface area contributed by atoms with Crippen LogP contribution in [0.25, 0.3) is 0 Å². The van der Waals surface area contributed by atoms with Crippen molar-refractivity contribution in [3.63, 3.8) is 0 Å². The van der Waals surface area contributed by atoms with Crippen molar-refractivity contribution in [2.45, 2.75) is 19.4 Å². The molecule has 6 nitrogen and oxygen atoms in total. The predicted octanol–water partition coefficient (Wildman–Crippen LogP) is 1.27. The van der Waals surface area contributed by atoms with Crippen LogP contribution in [0.2, 0.25) is 0 Å². The molecule has 18 heavy (non-hydrogen) atoms. The third kappa shape index (κ3) is 2.97. The summed E-state index contributed by atoms with van der Waals surface area (Å²) in [6.07, 6.45) is 2.39. The van der Waals surface area contributed by atoms with Crippen LogP contribution in [0.4, 0.5) is 11.6 Å². The lowest BCUT2D eigenvalue weighted by Gasteiger charge is -2.08. The van der Waals surface area contributed by atoms with Crippen LogP contribution in [0.5, 0.6) is 0 Å². The van der Waals surface area contributed by atoms with Crippen molar-refractivity contribution in [3.05, 3.63) is 24.5 Å². The number of nitrogens with one attached hydrogen (secondary N) is 2. The highest BCUT2D eigenvalue weighted by Gasteiger charge is 2.43. The molecule has 0 bridgehead atoms. The van der Waals surface area contributed by atoms with E-state index in [1.165, 1.54) is 0 Å². The summed E-state index contributed by atoms with van der Waals surface area (Å²) in [5.74, 6) is 0.937. The summed E-state index contributed by atoms with van der Waals surface area (Å²) < 4.78 is 0. The lowest BCUT2D eigenvalue weighted by molar-refractivity contribution is -0.138. The normalized spacial score (nSPS) is 21.2. The number of carboxylic acids is 1. The number of aryl methyl sites for hydroxylation is 1. The minimum atomic E-state index is -0.761. The Labute approximate surface area is 105 Å². The van der Waals surface area contributed by atoms with Gasteiger partial charge in [-0.05, 0) is 13.3 Å². The van der Waals surface area contributed by atoms with E-state index in [4.69, 9.17) is 5.11 Å². The standard InChI is InChI=1S/C12H16N4O2/c1-3-4-13-10-6-11(15-7(2)14-10)16-9-5-8(9)12(17)18/h3,6,8-9H,1,4-5H2,2H3,(H,17,18)(H2,13,14,15,16). The van der Waals surface area contributed by atoms with Crippen molar-refractivity contribution in [2.75, 3.05) is 17.2 Å². The van der Waals surface area contributed by atoms with Crippen molar-refractivity contribution in [1.29, 1.82) is 0 Å². The molecule has 2 rings (SSSR count). The third-order valence-electron chi connectivity index (χ3n) is 2.71. The van der Waals surface area contributed by atoms with Crippen molar-refractivity contribution in [1.82, 2.24) is 9.97 Å². The van der Waals surface area contributed by atoms with Gasteiger partial charge in [0.05, 0.1) is 5.92 Å². The summed E-state index contributed by atoms with van der Waals surface area (Å²) in [5.41, 5.74) is 0. The van der Waals surface area contributed by atoms with Gasteiger partial charge in [-0.25, -0.2) is 9.97 Å². The lowest BCUT2D eigenvalue weighted by atomic mass is 10.4. The fourth-order valence-corrected chi connectivity index (χ4v) is 1.73. The van der Waals surface area contributed by atoms with Gasteiger partial charge in [0.25, 0.3) is 0 Å². The molecule has 0 saturated heterocycles. The number of hydrogen-bond donors (Lipinski definition) is 3. The number of carbonyl (C=O) groups is 1. The number of aromatic nitrogens is 2. The summed E-state index contributed by atoms with van der Waals surface area (Å²) >= 11 is 0. The van der Waals surface area contributed by atoms with Crippen LogP contribution in [-0.4, -0.2) is 33.6 Å². The van der Waals surface area contributed by atoms with Crippen molar-refractivity contribution >= 4 is 17.6 Å².